The molecule has 0 radical (unpaired) electrons. The molecule has 0 aliphatic carbocycles. The largest absolute Gasteiger partial charge is 0.497 e. The third-order valence-electron chi connectivity index (χ3n) is 3.34. The van der Waals surface area contributed by atoms with E-state index in [1.54, 1.807) is 14.2 Å². The predicted octanol–water partition coefficient (Wildman–Crippen LogP) is 4.30. The molecule has 0 unspecified atom stereocenters. The molecule has 0 bridgehead atoms. The van der Waals surface area contributed by atoms with Crippen molar-refractivity contribution < 1.29 is 9.47 Å². The van der Waals surface area contributed by atoms with Gasteiger partial charge in [0.25, 0.3) is 0 Å². The minimum atomic E-state index is 0.611. The first-order valence-electron chi connectivity index (χ1n) is 7.45. The van der Waals surface area contributed by atoms with Crippen LogP contribution in [0, 0.1) is 17.8 Å². The lowest BCUT2D eigenvalue weighted by Crippen LogP contribution is -1.96. The third-order valence-corrected chi connectivity index (χ3v) is 3.34. The summed E-state index contributed by atoms with van der Waals surface area (Å²) in [6.45, 7) is 4.44. The van der Waals surface area contributed by atoms with Crippen LogP contribution in [0.4, 0.5) is 0 Å². The molecule has 0 amide bonds. The zero-order valence-corrected chi connectivity index (χ0v) is 13.6. The summed E-state index contributed by atoms with van der Waals surface area (Å²) < 4.78 is 10.6. The average Bonchev–Trinajstić information content (AvgIpc) is 2.53. The molecule has 2 aromatic carbocycles. The van der Waals surface area contributed by atoms with Gasteiger partial charge >= 0.3 is 0 Å². The molecule has 0 N–H and O–H groups in total. The molecule has 0 heterocycles. The minimum absolute atomic E-state index is 0.611. The van der Waals surface area contributed by atoms with Crippen LogP contribution in [-0.4, -0.2) is 14.2 Å². The Labute approximate surface area is 133 Å². The van der Waals surface area contributed by atoms with Gasteiger partial charge in [-0.1, -0.05) is 43.9 Å². The molecule has 0 spiro atoms. The van der Waals surface area contributed by atoms with Crippen molar-refractivity contribution in [3.63, 3.8) is 0 Å². The van der Waals surface area contributed by atoms with Crippen LogP contribution in [0.2, 0.25) is 0 Å². The van der Waals surface area contributed by atoms with E-state index in [0.29, 0.717) is 5.92 Å². The van der Waals surface area contributed by atoms with E-state index in [1.807, 2.05) is 24.3 Å². The van der Waals surface area contributed by atoms with Gasteiger partial charge in [0, 0.05) is 17.2 Å². The van der Waals surface area contributed by atoms with Crippen LogP contribution in [0.15, 0.2) is 42.5 Å². The second-order valence-electron chi connectivity index (χ2n) is 5.61. The van der Waals surface area contributed by atoms with Gasteiger partial charge in [-0.3, -0.25) is 0 Å². The van der Waals surface area contributed by atoms with E-state index in [4.69, 9.17) is 9.47 Å². The maximum Gasteiger partial charge on any atom is 0.123 e. The summed E-state index contributed by atoms with van der Waals surface area (Å²) in [6.07, 6.45) is 1.03. The van der Waals surface area contributed by atoms with Crippen LogP contribution < -0.4 is 9.47 Å². The van der Waals surface area contributed by atoms with Crippen molar-refractivity contribution in [3.8, 4) is 23.3 Å². The first kappa shape index (κ1) is 16.0. The monoisotopic (exact) mass is 294 g/mol. The molecule has 114 valence electrons. The third kappa shape index (κ3) is 4.30. The second kappa shape index (κ2) is 7.56. The van der Waals surface area contributed by atoms with Crippen molar-refractivity contribution in [1.29, 1.82) is 0 Å². The number of benzene rings is 2. The number of ether oxygens (including phenoxy) is 2. The molecule has 0 aliphatic rings. The Bertz CT molecular complexity index is 668. The molecule has 0 aromatic heterocycles. The average molecular weight is 294 g/mol. The molecule has 0 atom stereocenters. The number of hydrogen-bond acceptors (Lipinski definition) is 2. The second-order valence-corrected chi connectivity index (χ2v) is 5.61. The highest BCUT2D eigenvalue weighted by atomic mass is 16.5. The molecular weight excluding hydrogens is 272 g/mol. The van der Waals surface area contributed by atoms with Gasteiger partial charge in [-0.2, -0.15) is 0 Å². The summed E-state index contributed by atoms with van der Waals surface area (Å²) in [5.74, 6) is 8.60. The number of hydrogen-bond donors (Lipinski definition) is 0. The zero-order valence-electron chi connectivity index (χ0n) is 13.6. The Balaban J connectivity index is 2.34. The Morgan fingerprint density at radius 2 is 1.55 bits per heavy atom. The first-order valence-corrected chi connectivity index (χ1v) is 7.45. The van der Waals surface area contributed by atoms with Crippen molar-refractivity contribution >= 4 is 0 Å². The van der Waals surface area contributed by atoms with Gasteiger partial charge in [-0.05, 0) is 36.1 Å². The predicted molar refractivity (Wildman–Crippen MR) is 90.5 cm³/mol. The highest BCUT2D eigenvalue weighted by molar-refractivity contribution is 5.50. The normalized spacial score (nSPS) is 10.0. The minimum Gasteiger partial charge on any atom is -0.497 e. The maximum absolute atomic E-state index is 5.28. The molecule has 2 heteroatoms. The Morgan fingerprint density at radius 3 is 2.14 bits per heavy atom. The fourth-order valence-corrected chi connectivity index (χ4v) is 2.28. The van der Waals surface area contributed by atoms with Gasteiger partial charge < -0.3 is 9.47 Å². The van der Waals surface area contributed by atoms with E-state index in [9.17, 15) is 0 Å². The lowest BCUT2D eigenvalue weighted by molar-refractivity contribution is 0.394. The summed E-state index contributed by atoms with van der Waals surface area (Å²) in [4.78, 5) is 0. The van der Waals surface area contributed by atoms with Crippen LogP contribution in [-0.2, 0) is 6.42 Å². The molecule has 0 aliphatic heterocycles. The number of rotatable bonds is 4. The fraction of sp³-hybridized carbons (Fsp3) is 0.300. The van der Waals surface area contributed by atoms with Gasteiger partial charge in [-0.25, -0.2) is 0 Å². The summed E-state index contributed by atoms with van der Waals surface area (Å²) in [6, 6.07) is 14.0. The smallest absolute Gasteiger partial charge is 0.123 e. The van der Waals surface area contributed by atoms with Crippen LogP contribution >= 0.6 is 0 Å². The number of methoxy groups -OCH3 is 2. The summed E-state index contributed by atoms with van der Waals surface area (Å²) >= 11 is 0. The van der Waals surface area contributed by atoms with Crippen LogP contribution in [0.3, 0.4) is 0 Å². The van der Waals surface area contributed by atoms with Gasteiger partial charge in [-0.15, -0.1) is 0 Å². The molecule has 0 fully saturated rings. The SMILES string of the molecule is COc1cc(C#Cc2ccccc2CC(C)C)cc(OC)c1. The molecule has 2 aromatic rings. The van der Waals surface area contributed by atoms with Crippen LogP contribution in [0.1, 0.15) is 30.5 Å². The zero-order chi connectivity index (χ0) is 15.9. The van der Waals surface area contributed by atoms with Gasteiger partial charge in [0.05, 0.1) is 14.2 Å². The lowest BCUT2D eigenvalue weighted by atomic mass is 9.98. The summed E-state index contributed by atoms with van der Waals surface area (Å²) in [5, 5.41) is 0. The standard InChI is InChI=1S/C20H22O2/c1-15(2)11-18-8-6-5-7-17(18)10-9-16-12-19(21-3)14-20(13-16)22-4/h5-8,12-15H,11H2,1-4H3. The van der Waals surface area contributed by atoms with Gasteiger partial charge in [0.1, 0.15) is 11.5 Å². The quantitative estimate of drug-likeness (QED) is 0.783. The van der Waals surface area contributed by atoms with Crippen LogP contribution in [0.25, 0.3) is 0 Å². The summed E-state index contributed by atoms with van der Waals surface area (Å²) in [5.41, 5.74) is 3.26. The highest BCUT2D eigenvalue weighted by Crippen LogP contribution is 2.22. The Hall–Kier alpha value is -2.40. The van der Waals surface area contributed by atoms with E-state index in [-0.39, 0.29) is 0 Å². The Morgan fingerprint density at radius 1 is 0.909 bits per heavy atom. The molecule has 22 heavy (non-hydrogen) atoms. The lowest BCUT2D eigenvalue weighted by Gasteiger charge is -2.07. The Kier molecular flexibility index (Phi) is 5.49. The van der Waals surface area contributed by atoms with Crippen molar-refractivity contribution in [3.05, 3.63) is 59.2 Å². The maximum atomic E-state index is 5.28. The first-order chi connectivity index (χ1) is 10.6. The topological polar surface area (TPSA) is 18.5 Å². The molecule has 0 saturated carbocycles. The van der Waals surface area contributed by atoms with Gasteiger partial charge in [0.2, 0.25) is 0 Å². The summed E-state index contributed by atoms with van der Waals surface area (Å²) in [7, 11) is 3.29. The fourth-order valence-electron chi connectivity index (χ4n) is 2.28. The van der Waals surface area contributed by atoms with Crippen molar-refractivity contribution in [2.24, 2.45) is 5.92 Å². The van der Waals surface area contributed by atoms with Crippen molar-refractivity contribution in [2.75, 3.05) is 14.2 Å². The van der Waals surface area contributed by atoms with Crippen molar-refractivity contribution in [2.45, 2.75) is 20.3 Å². The molecular formula is C20H22O2. The molecule has 2 rings (SSSR count). The van der Waals surface area contributed by atoms with Crippen LogP contribution in [0.5, 0.6) is 11.5 Å². The van der Waals surface area contributed by atoms with E-state index in [1.165, 1.54) is 5.56 Å². The van der Waals surface area contributed by atoms with E-state index in [2.05, 4.69) is 43.9 Å². The molecule has 2 nitrogen and oxygen atoms in total. The van der Waals surface area contributed by atoms with E-state index < -0.39 is 0 Å². The van der Waals surface area contributed by atoms with Crippen molar-refractivity contribution in [1.82, 2.24) is 0 Å². The van der Waals surface area contributed by atoms with E-state index in [0.717, 1.165) is 29.0 Å². The van der Waals surface area contributed by atoms with Gasteiger partial charge in [0.15, 0.2) is 0 Å². The molecule has 0 saturated heterocycles. The highest BCUT2D eigenvalue weighted by Gasteiger charge is 2.03. The van der Waals surface area contributed by atoms with E-state index >= 15 is 0 Å².